The van der Waals surface area contributed by atoms with E-state index in [1.807, 2.05) is 41.8 Å². The van der Waals surface area contributed by atoms with Gasteiger partial charge in [0.1, 0.15) is 6.42 Å². The molecule has 8 amide bonds. The van der Waals surface area contributed by atoms with Gasteiger partial charge in [0.2, 0.25) is 41.4 Å². The van der Waals surface area contributed by atoms with Crippen LogP contribution in [0, 0.1) is 47.3 Å². The molecule has 24 fully saturated rings. The second-order valence-corrected chi connectivity index (χ2v) is 50.3. The maximum absolute atomic E-state index is 13.0. The molecule has 34 heteroatoms. The zero-order chi connectivity index (χ0) is 106. The van der Waals surface area contributed by atoms with E-state index in [0.29, 0.717) is 226 Å². The van der Waals surface area contributed by atoms with Gasteiger partial charge in [0.25, 0.3) is 0 Å². The third-order valence-corrected chi connectivity index (χ3v) is 33.1. The minimum atomic E-state index is -4.73. The molecule has 0 aromatic heterocycles. The van der Waals surface area contributed by atoms with Crippen LogP contribution in [0.2, 0.25) is 0 Å². The van der Waals surface area contributed by atoms with E-state index < -0.39 is 30.6 Å². The lowest BCUT2D eigenvalue weighted by molar-refractivity contribution is -0.205. The van der Waals surface area contributed by atoms with E-state index in [0.717, 1.165) is 122 Å². The first-order chi connectivity index (χ1) is 66.0. The summed E-state index contributed by atoms with van der Waals surface area (Å²) < 4.78 is 73.3. The Bertz CT molecular complexity index is 3920. The molecule has 16 bridgehead atoms. The van der Waals surface area contributed by atoms with Crippen molar-refractivity contribution in [3.63, 3.8) is 0 Å². The van der Waals surface area contributed by atoms with Crippen LogP contribution in [0.3, 0.4) is 0 Å². The Morgan fingerprint density at radius 3 is 0.746 bits per heavy atom. The van der Waals surface area contributed by atoms with Crippen molar-refractivity contribution in [2.75, 3.05) is 146 Å². The van der Waals surface area contributed by atoms with Crippen LogP contribution in [0.15, 0.2) is 0 Å². The van der Waals surface area contributed by atoms with Crippen molar-refractivity contribution in [3.8, 4) is 0 Å². The third kappa shape index (κ3) is 30.9. The fourth-order valence-electron chi connectivity index (χ4n) is 25.1. The zero-order valence-corrected chi connectivity index (χ0v) is 94.0. The largest absolute Gasteiger partial charge is 0.471 e. The number of nitrogens with two attached hydrogens (primary N) is 2. The number of fused-ring (bicyclic) bond motifs is 16. The standard InChI is InChI=1S/C17H33N3O.C16H31N3O.C15H29N3O.C14H27N3O.C13H24N2O.C12H22N2O.C11H17F3N2O.C10H15F3N2O/c1-12(2)7-14(9-18(5)6)17(21)20-15-8-16(20)11-19(10-15)13(3)4;1-11(2)7-15(17(5)6)16(20)19-13-8-14(19)10-18(9-13)12(3)4;1-10(2)5-12(7-16)15(19)18-13-6-14(18)9-17(8-13)11(3)4;1-9(2)5-13(15)14(18)17-11-6-12(17)8-16(7-11)10(3)4;1-9(2)5-13(16)15-11-6-12(15)8-14(7-11)10(3)4;1-8(2)12(15)14-10-5-11(14)7-13(6-10)9(3)4;1-7(2)15-5-8-3-9(6-15)16(8)10(17)4-11(12,13)14;1-6(2)14-4-7-3-8(5-14)15(7)9(16)10(11,12)13/h12-16H,7-11H2,1-6H3;11-15H,7-10H2,1-6H3;10-14H,5-9,16H2,1-4H3;9-13H,5-8,15H2,1-4H3;9-12H,5-8H2,1-4H3;8-11H,5-7H2,1-4H3;7-9H,3-6H2,1-2H3;6-8H,3-5H2,1-2H3. The van der Waals surface area contributed by atoms with Gasteiger partial charge in [-0.2, -0.15) is 26.3 Å². The molecule has 20 atom stereocenters. The second-order valence-electron chi connectivity index (χ2n) is 50.3. The van der Waals surface area contributed by atoms with E-state index in [2.05, 4.69) is 259 Å². The number of alkyl halides is 6. The molecule has 24 aliphatic rings. The van der Waals surface area contributed by atoms with Gasteiger partial charge in [0, 0.05) is 275 Å². The minimum absolute atomic E-state index is 0.00833. The van der Waals surface area contributed by atoms with Gasteiger partial charge in [-0.15, -0.1) is 0 Å². The van der Waals surface area contributed by atoms with Crippen LogP contribution in [0.1, 0.15) is 284 Å². The van der Waals surface area contributed by atoms with Gasteiger partial charge in [0.05, 0.1) is 23.9 Å². The normalized spacial score (nSPS) is 29.2. The molecule has 4 N–H and O–H groups in total. The molecule has 820 valence electrons. The lowest BCUT2D eigenvalue weighted by atomic mass is 9.83. The lowest BCUT2D eigenvalue weighted by Gasteiger charge is -2.58. The van der Waals surface area contributed by atoms with Crippen molar-refractivity contribution in [2.45, 2.75) is 453 Å². The average Bonchev–Trinajstić information content (AvgIpc) is 0.744. The smallest absolute Gasteiger partial charge is 0.334 e. The Hall–Kier alpha value is -5.14. The van der Waals surface area contributed by atoms with E-state index >= 15 is 0 Å². The maximum Gasteiger partial charge on any atom is 0.471 e. The maximum atomic E-state index is 13.0. The van der Waals surface area contributed by atoms with Gasteiger partial charge in [0.15, 0.2) is 0 Å². The zero-order valence-electron chi connectivity index (χ0n) is 94.0. The van der Waals surface area contributed by atoms with Crippen LogP contribution in [0.5, 0.6) is 0 Å². The van der Waals surface area contributed by atoms with Gasteiger partial charge >= 0.3 is 18.3 Å². The first kappa shape index (κ1) is 120. The predicted octanol–water partition coefficient (Wildman–Crippen LogP) is 11.9. The first-order valence-corrected chi connectivity index (χ1v) is 55.4. The molecule has 0 aromatic carbocycles. The van der Waals surface area contributed by atoms with Crippen LogP contribution >= 0.6 is 0 Å². The number of carbonyl (C=O) groups is 8. The number of piperidine rings is 8. The SMILES string of the molecule is CC(C)C(=O)N1C2CC1CN(C(C)C)C2.CC(C)CC(=O)N1C2CC1CN(C(C)C)C2.CC(C)CC(C(=O)N1C2CC1CN(C(C)C)C2)N(C)C.CC(C)CC(CN(C)C)C(=O)N1C2CC1CN(C(C)C)C2.CC(C)CC(CN)C(=O)N1C2CC1CN(C(C)C)C2.CC(C)CC(N)C(=O)N1C2CC1CN(C(C)C)C2.CC(C)N1CC2CC(C1)N2C(=O)C(F)(F)F.CC(C)N1CC2CC(C1)N2C(=O)CC(F)(F)F. The monoisotopic (exact) mass is 2020 g/mol. The molecule has 20 unspecified atom stereocenters. The molecule has 0 radical (unpaired) electrons. The quantitative estimate of drug-likeness (QED) is 0.0691. The Labute approximate surface area is 853 Å². The van der Waals surface area contributed by atoms with Crippen LogP contribution in [0.4, 0.5) is 26.3 Å². The van der Waals surface area contributed by atoms with Crippen LogP contribution in [0.25, 0.3) is 0 Å². The number of likely N-dealkylation sites (N-methyl/N-ethyl adjacent to an activating group) is 1. The van der Waals surface area contributed by atoms with Crippen molar-refractivity contribution in [1.29, 1.82) is 0 Å². The van der Waals surface area contributed by atoms with Crippen LogP contribution in [-0.4, -0.2) is 451 Å². The van der Waals surface area contributed by atoms with Crippen molar-refractivity contribution in [1.82, 2.24) is 88.2 Å². The summed E-state index contributed by atoms with van der Waals surface area (Å²) in [5, 5.41) is 0. The summed E-state index contributed by atoms with van der Waals surface area (Å²) in [6, 6.07) is 9.13. The van der Waals surface area contributed by atoms with E-state index in [1.165, 1.54) is 43.4 Å². The average molecular weight is 2020 g/mol. The minimum Gasteiger partial charge on any atom is -0.334 e. The van der Waals surface area contributed by atoms with Gasteiger partial charge in [-0.05, 0) is 246 Å². The molecule has 24 saturated heterocycles. The molecule has 24 heterocycles. The molecule has 0 aliphatic carbocycles. The number of hydrogen-bond donors (Lipinski definition) is 2. The summed E-state index contributed by atoms with van der Waals surface area (Å²) in [6.07, 6.45) is 2.75. The van der Waals surface area contributed by atoms with Gasteiger partial charge < -0.3 is 55.6 Å². The summed E-state index contributed by atoms with van der Waals surface area (Å²) >= 11 is 0. The molecule has 142 heavy (non-hydrogen) atoms. The Kier molecular flexibility index (Phi) is 43.7. The number of halogens is 6. The number of carbonyl (C=O) groups excluding carboxylic acids is 8. The Morgan fingerprint density at radius 2 is 0.521 bits per heavy atom. The van der Waals surface area contributed by atoms with Crippen molar-refractivity contribution >= 4 is 47.3 Å². The van der Waals surface area contributed by atoms with Crippen molar-refractivity contribution < 1.29 is 64.7 Å². The van der Waals surface area contributed by atoms with Crippen molar-refractivity contribution in [2.24, 2.45) is 58.8 Å². The van der Waals surface area contributed by atoms with E-state index in [-0.39, 0.29) is 59.9 Å². The van der Waals surface area contributed by atoms with E-state index in [1.54, 1.807) is 0 Å². The van der Waals surface area contributed by atoms with Crippen LogP contribution < -0.4 is 11.5 Å². The second kappa shape index (κ2) is 51.6. The highest BCUT2D eigenvalue weighted by Crippen LogP contribution is 2.44. The topological polar surface area (TPSA) is 247 Å². The molecule has 28 nitrogen and oxygen atoms in total. The highest BCUT2D eigenvalue weighted by atomic mass is 19.4. The Balaban J connectivity index is 0.000000181. The molecule has 24 aliphatic heterocycles. The number of hydrogen-bond acceptors (Lipinski definition) is 20. The summed E-state index contributed by atoms with van der Waals surface area (Å²) in [4.78, 5) is 136. The third-order valence-electron chi connectivity index (χ3n) is 33.1. The van der Waals surface area contributed by atoms with Crippen molar-refractivity contribution in [3.05, 3.63) is 0 Å². The van der Waals surface area contributed by atoms with E-state index in [4.69, 9.17) is 11.5 Å². The summed E-state index contributed by atoms with van der Waals surface area (Å²) in [5.74, 6) is 2.50. The lowest BCUT2D eigenvalue weighted by Crippen LogP contribution is -2.72. The fraction of sp³-hybridized carbons (Fsp3) is 0.926. The highest BCUT2D eigenvalue weighted by Gasteiger charge is 2.59. The number of nitrogens with zero attached hydrogens (tertiary/aromatic N) is 18. The highest BCUT2D eigenvalue weighted by molar-refractivity contribution is 5.86. The number of amides is 8. The number of rotatable bonds is 28. The molecular formula is C108H198F6N20O8. The summed E-state index contributed by atoms with van der Waals surface area (Å²) in [5.41, 5.74) is 11.8. The van der Waals surface area contributed by atoms with Gasteiger partial charge in [-0.25, -0.2) is 0 Å². The van der Waals surface area contributed by atoms with Gasteiger partial charge in [-0.1, -0.05) is 83.1 Å². The molecule has 0 aromatic rings. The molecule has 0 saturated carbocycles. The summed E-state index contributed by atoms with van der Waals surface area (Å²) in [7, 11) is 8.19. The van der Waals surface area contributed by atoms with Crippen LogP contribution in [-0.2, 0) is 38.4 Å². The number of piperazine rings is 8. The van der Waals surface area contributed by atoms with E-state index in [9.17, 15) is 64.7 Å². The van der Waals surface area contributed by atoms with Gasteiger partial charge in [-0.3, -0.25) is 82.5 Å². The summed E-state index contributed by atoms with van der Waals surface area (Å²) in [6.45, 7) is 77.2. The first-order valence-electron chi connectivity index (χ1n) is 55.4. The molecular weight excluding hydrogens is 1820 g/mol. The molecule has 0 spiro atoms. The Morgan fingerprint density at radius 1 is 0.289 bits per heavy atom. The fourth-order valence-corrected chi connectivity index (χ4v) is 25.1. The molecule has 24 rings (SSSR count). The predicted molar refractivity (Wildman–Crippen MR) is 555 cm³/mol.